The fourth-order valence-corrected chi connectivity index (χ4v) is 6.30. The van der Waals surface area contributed by atoms with Gasteiger partial charge in [-0.3, -0.25) is 4.90 Å². The topological polar surface area (TPSA) is 62.7 Å². The van der Waals surface area contributed by atoms with E-state index < -0.39 is 10.0 Å². The molecule has 3 aromatic rings. The number of methoxy groups -OCH3 is 1. The van der Waals surface area contributed by atoms with Crippen molar-refractivity contribution >= 4 is 21.4 Å². The second-order valence-electron chi connectivity index (χ2n) is 7.80. The van der Waals surface area contributed by atoms with Crippen molar-refractivity contribution in [3.63, 3.8) is 0 Å². The Morgan fingerprint density at radius 1 is 1.03 bits per heavy atom. The van der Waals surface area contributed by atoms with Crippen LogP contribution in [0.3, 0.4) is 0 Å². The zero-order chi connectivity index (χ0) is 22.0. The highest BCUT2D eigenvalue weighted by molar-refractivity contribution is 7.89. The van der Waals surface area contributed by atoms with Gasteiger partial charge in [0, 0.05) is 37.1 Å². The summed E-state index contributed by atoms with van der Waals surface area (Å²) in [6, 6.07) is 13.4. The molecule has 2 aromatic carbocycles. The van der Waals surface area contributed by atoms with Gasteiger partial charge in [0.05, 0.1) is 24.2 Å². The number of thiazole rings is 1. The first-order valence-electron chi connectivity index (χ1n) is 10.3. The molecule has 0 atom stereocenters. The minimum Gasteiger partial charge on any atom is -0.497 e. The zero-order valence-corrected chi connectivity index (χ0v) is 19.7. The van der Waals surface area contributed by atoms with Crippen molar-refractivity contribution in [3.8, 4) is 17.0 Å². The largest absolute Gasteiger partial charge is 0.497 e. The lowest BCUT2D eigenvalue weighted by Gasteiger charge is -2.33. The first-order valence-corrected chi connectivity index (χ1v) is 12.6. The second kappa shape index (κ2) is 9.08. The molecule has 1 aliphatic rings. The molecular formula is C23H27N3O3S2. The van der Waals surface area contributed by atoms with Gasteiger partial charge in [-0.05, 0) is 49.7 Å². The number of sulfonamides is 1. The van der Waals surface area contributed by atoms with Gasteiger partial charge in [0.15, 0.2) is 0 Å². The minimum absolute atomic E-state index is 0.413. The molecule has 0 aliphatic carbocycles. The summed E-state index contributed by atoms with van der Waals surface area (Å²) in [6.07, 6.45) is 0. The molecule has 164 valence electrons. The van der Waals surface area contributed by atoms with Gasteiger partial charge in [-0.1, -0.05) is 17.7 Å². The Bertz CT molecular complexity index is 1150. The van der Waals surface area contributed by atoms with Crippen molar-refractivity contribution in [2.45, 2.75) is 25.3 Å². The van der Waals surface area contributed by atoms with Crippen LogP contribution >= 0.6 is 11.3 Å². The summed E-state index contributed by atoms with van der Waals surface area (Å²) >= 11 is 1.64. The number of nitrogens with zero attached hydrogens (tertiary/aromatic N) is 3. The van der Waals surface area contributed by atoms with E-state index in [4.69, 9.17) is 9.72 Å². The van der Waals surface area contributed by atoms with E-state index in [1.54, 1.807) is 28.8 Å². The Kier molecular flexibility index (Phi) is 6.43. The van der Waals surface area contributed by atoms with Gasteiger partial charge in [0.25, 0.3) is 0 Å². The third kappa shape index (κ3) is 4.82. The number of ether oxygens (including phenoxy) is 1. The first kappa shape index (κ1) is 22.0. The molecular weight excluding hydrogens is 430 g/mol. The van der Waals surface area contributed by atoms with Gasteiger partial charge in [-0.25, -0.2) is 13.4 Å². The van der Waals surface area contributed by atoms with Crippen LogP contribution in [0.1, 0.15) is 16.1 Å². The number of rotatable bonds is 6. The van der Waals surface area contributed by atoms with E-state index in [1.165, 1.54) is 0 Å². The number of aromatic nitrogens is 1. The van der Waals surface area contributed by atoms with Gasteiger partial charge in [0.2, 0.25) is 10.0 Å². The van der Waals surface area contributed by atoms with Gasteiger partial charge in [-0.2, -0.15) is 4.31 Å². The van der Waals surface area contributed by atoms with Crippen LogP contribution in [0, 0.1) is 13.8 Å². The predicted octanol–water partition coefficient (Wildman–Crippen LogP) is 3.94. The van der Waals surface area contributed by atoms with E-state index in [9.17, 15) is 8.42 Å². The average Bonchev–Trinajstić information content (AvgIpc) is 3.22. The van der Waals surface area contributed by atoms with Crippen molar-refractivity contribution in [1.82, 2.24) is 14.2 Å². The average molecular weight is 458 g/mol. The normalized spacial score (nSPS) is 15.8. The molecule has 2 heterocycles. The smallest absolute Gasteiger partial charge is 0.243 e. The summed E-state index contributed by atoms with van der Waals surface area (Å²) in [5, 5.41) is 3.11. The van der Waals surface area contributed by atoms with E-state index in [2.05, 4.69) is 10.3 Å². The molecule has 0 saturated carbocycles. The maximum absolute atomic E-state index is 13.1. The Labute approximate surface area is 188 Å². The summed E-state index contributed by atoms with van der Waals surface area (Å²) in [6.45, 7) is 6.94. The quantitative estimate of drug-likeness (QED) is 0.561. The minimum atomic E-state index is -3.46. The monoisotopic (exact) mass is 457 g/mol. The third-order valence-electron chi connectivity index (χ3n) is 5.58. The predicted molar refractivity (Wildman–Crippen MR) is 124 cm³/mol. The molecule has 0 radical (unpaired) electrons. The van der Waals surface area contributed by atoms with Gasteiger partial charge in [0.1, 0.15) is 10.8 Å². The Morgan fingerprint density at radius 2 is 1.74 bits per heavy atom. The molecule has 0 spiro atoms. The molecule has 4 rings (SSSR count). The first-order chi connectivity index (χ1) is 14.9. The van der Waals surface area contributed by atoms with E-state index in [0.29, 0.717) is 31.1 Å². The summed E-state index contributed by atoms with van der Waals surface area (Å²) in [5.41, 5.74) is 3.89. The van der Waals surface area contributed by atoms with Crippen molar-refractivity contribution in [1.29, 1.82) is 0 Å². The molecule has 0 amide bonds. The number of hydrogen-bond donors (Lipinski definition) is 0. The van der Waals surface area contributed by atoms with Gasteiger partial charge in [-0.15, -0.1) is 11.3 Å². The van der Waals surface area contributed by atoms with Crippen LogP contribution < -0.4 is 4.74 Å². The molecule has 1 aliphatic heterocycles. The Hall–Kier alpha value is -2.26. The van der Waals surface area contributed by atoms with Crippen molar-refractivity contribution < 1.29 is 13.2 Å². The lowest BCUT2D eigenvalue weighted by atomic mass is 10.2. The number of benzene rings is 2. The summed E-state index contributed by atoms with van der Waals surface area (Å²) < 4.78 is 33.0. The third-order valence-corrected chi connectivity index (χ3v) is 8.47. The fourth-order valence-electron chi connectivity index (χ4n) is 3.82. The Morgan fingerprint density at radius 3 is 2.39 bits per heavy atom. The van der Waals surface area contributed by atoms with E-state index in [0.717, 1.165) is 39.7 Å². The maximum atomic E-state index is 13.1. The Balaban J connectivity index is 1.37. The van der Waals surface area contributed by atoms with E-state index in [1.807, 2.05) is 50.2 Å². The van der Waals surface area contributed by atoms with Crippen molar-refractivity contribution in [2.24, 2.45) is 0 Å². The molecule has 1 saturated heterocycles. The molecule has 0 bridgehead atoms. The number of piperazine rings is 1. The summed E-state index contributed by atoms with van der Waals surface area (Å²) in [4.78, 5) is 7.45. The summed E-state index contributed by atoms with van der Waals surface area (Å²) in [7, 11) is -1.80. The van der Waals surface area contributed by atoms with Crippen LogP contribution in [0.15, 0.2) is 52.7 Å². The number of aryl methyl sites for hydroxylation is 2. The van der Waals surface area contributed by atoms with Crippen LogP contribution in [0.2, 0.25) is 0 Å². The van der Waals surface area contributed by atoms with E-state index in [-0.39, 0.29) is 0 Å². The van der Waals surface area contributed by atoms with Crippen molar-refractivity contribution in [3.05, 3.63) is 64.0 Å². The van der Waals surface area contributed by atoms with E-state index >= 15 is 0 Å². The van der Waals surface area contributed by atoms with Crippen LogP contribution in [0.5, 0.6) is 5.75 Å². The van der Waals surface area contributed by atoms with Crippen molar-refractivity contribution in [2.75, 3.05) is 33.3 Å². The standard InChI is InChI=1S/C23H27N3O3S2/c1-17-4-9-22(18(2)14-17)31(27,28)26-12-10-25(11-13-26)15-23-24-21(16-30-23)19-5-7-20(29-3)8-6-19/h4-9,14,16H,10-13,15H2,1-3H3. The zero-order valence-electron chi connectivity index (χ0n) is 18.0. The molecule has 8 heteroatoms. The lowest BCUT2D eigenvalue weighted by Crippen LogP contribution is -2.48. The van der Waals surface area contributed by atoms with Crippen LogP contribution in [0.4, 0.5) is 0 Å². The molecule has 0 unspecified atom stereocenters. The lowest BCUT2D eigenvalue weighted by molar-refractivity contribution is 0.181. The highest BCUT2D eigenvalue weighted by atomic mass is 32.2. The number of hydrogen-bond acceptors (Lipinski definition) is 6. The van der Waals surface area contributed by atoms with Gasteiger partial charge < -0.3 is 4.74 Å². The van der Waals surface area contributed by atoms with Crippen LogP contribution in [0.25, 0.3) is 11.3 Å². The highest BCUT2D eigenvalue weighted by Gasteiger charge is 2.29. The molecule has 6 nitrogen and oxygen atoms in total. The fraction of sp³-hybridized carbons (Fsp3) is 0.348. The molecule has 0 N–H and O–H groups in total. The van der Waals surface area contributed by atoms with Crippen LogP contribution in [-0.2, 0) is 16.6 Å². The van der Waals surface area contributed by atoms with Gasteiger partial charge >= 0.3 is 0 Å². The maximum Gasteiger partial charge on any atom is 0.243 e. The molecule has 1 fully saturated rings. The molecule has 1 aromatic heterocycles. The van der Waals surface area contributed by atoms with Crippen LogP contribution in [-0.4, -0.2) is 55.9 Å². The SMILES string of the molecule is COc1ccc(-c2csc(CN3CCN(S(=O)(=O)c4ccc(C)cc4C)CC3)n2)cc1. The highest BCUT2D eigenvalue weighted by Crippen LogP contribution is 2.26. The second-order valence-corrected chi connectivity index (χ2v) is 10.7. The summed E-state index contributed by atoms with van der Waals surface area (Å²) in [5.74, 6) is 0.827. The molecule has 31 heavy (non-hydrogen) atoms.